The highest BCUT2D eigenvalue weighted by molar-refractivity contribution is 5.85. The molecule has 2 rings (SSSR count). The molecule has 0 aliphatic carbocycles. The van der Waals surface area contributed by atoms with Gasteiger partial charge in [0.05, 0.1) is 18.8 Å². The number of hydrogen-bond acceptors (Lipinski definition) is 5. The maximum Gasteiger partial charge on any atom is 0.233 e. The molecule has 0 unspecified atom stereocenters. The average molecular weight is 208 g/mol. The summed E-state index contributed by atoms with van der Waals surface area (Å²) in [6.07, 6.45) is 1.64. The van der Waals surface area contributed by atoms with Crippen LogP contribution in [0.5, 0.6) is 0 Å². The van der Waals surface area contributed by atoms with Crippen molar-refractivity contribution in [3.63, 3.8) is 0 Å². The number of ether oxygens (including phenoxy) is 1. The Morgan fingerprint density at radius 2 is 2.08 bits per heavy atom. The lowest BCUT2D eigenvalue weighted by Crippen LogP contribution is -2.47. The fraction of sp³-hybridized carbons (Fsp3) is 0.667. The molecule has 0 spiro atoms. The number of hydrogen-bond donors (Lipinski definition) is 1. The SMILES string of the molecule is Cl.NC1=CN(N2CCOCC2)[N]O1. The van der Waals surface area contributed by atoms with Gasteiger partial charge in [-0.2, -0.15) is 10.1 Å². The Balaban J connectivity index is 0.000000845. The van der Waals surface area contributed by atoms with Crippen molar-refractivity contribution >= 4 is 12.4 Å². The topological polar surface area (TPSA) is 65.1 Å². The van der Waals surface area contributed by atoms with E-state index >= 15 is 0 Å². The minimum Gasteiger partial charge on any atom is -0.379 e. The summed E-state index contributed by atoms with van der Waals surface area (Å²) in [7, 11) is 0. The molecule has 0 aromatic rings. The Hall–Kier alpha value is -0.690. The van der Waals surface area contributed by atoms with Crippen LogP contribution in [0.2, 0.25) is 0 Å². The van der Waals surface area contributed by atoms with Crippen LogP contribution in [0.3, 0.4) is 0 Å². The van der Waals surface area contributed by atoms with E-state index in [-0.39, 0.29) is 12.4 Å². The monoisotopic (exact) mass is 207 g/mol. The van der Waals surface area contributed by atoms with E-state index < -0.39 is 0 Å². The summed E-state index contributed by atoms with van der Waals surface area (Å²) in [4.78, 5) is 4.73. The van der Waals surface area contributed by atoms with Crippen molar-refractivity contribution in [3.05, 3.63) is 12.1 Å². The Morgan fingerprint density at radius 1 is 1.38 bits per heavy atom. The van der Waals surface area contributed by atoms with Gasteiger partial charge in [-0.3, -0.25) is 0 Å². The number of rotatable bonds is 1. The van der Waals surface area contributed by atoms with E-state index in [1.54, 1.807) is 11.3 Å². The van der Waals surface area contributed by atoms with Gasteiger partial charge < -0.3 is 15.3 Å². The summed E-state index contributed by atoms with van der Waals surface area (Å²) in [6, 6.07) is 0. The summed E-state index contributed by atoms with van der Waals surface area (Å²) in [5, 5.41) is 3.61. The zero-order valence-corrected chi connectivity index (χ0v) is 7.87. The first kappa shape index (κ1) is 10.4. The molecule has 6 nitrogen and oxygen atoms in total. The smallest absolute Gasteiger partial charge is 0.233 e. The van der Waals surface area contributed by atoms with Crippen LogP contribution < -0.4 is 11.3 Å². The van der Waals surface area contributed by atoms with Crippen LogP contribution in [-0.2, 0) is 9.57 Å². The molecule has 0 saturated carbocycles. The highest BCUT2D eigenvalue weighted by atomic mass is 35.5. The van der Waals surface area contributed by atoms with Gasteiger partial charge in [0.2, 0.25) is 5.88 Å². The predicted octanol–water partition coefficient (Wildman–Crippen LogP) is -0.820. The van der Waals surface area contributed by atoms with E-state index in [1.807, 2.05) is 5.01 Å². The predicted molar refractivity (Wildman–Crippen MR) is 47.0 cm³/mol. The molecule has 1 fully saturated rings. The van der Waals surface area contributed by atoms with Crippen LogP contribution in [0, 0.1) is 0 Å². The van der Waals surface area contributed by atoms with Crippen molar-refractivity contribution in [2.75, 3.05) is 26.3 Å². The quantitative estimate of drug-likeness (QED) is 0.609. The number of nitrogens with zero attached hydrogens (tertiary/aromatic N) is 3. The molecule has 0 aromatic carbocycles. The van der Waals surface area contributed by atoms with E-state index in [2.05, 4.69) is 5.59 Å². The first-order valence-corrected chi connectivity index (χ1v) is 3.83. The van der Waals surface area contributed by atoms with Gasteiger partial charge in [0, 0.05) is 13.1 Å². The maximum absolute atomic E-state index is 5.38. The lowest BCUT2D eigenvalue weighted by molar-refractivity contribution is -0.145. The van der Waals surface area contributed by atoms with Crippen molar-refractivity contribution < 1.29 is 9.57 Å². The molecule has 0 aromatic heterocycles. The third-order valence-corrected chi connectivity index (χ3v) is 1.75. The second kappa shape index (κ2) is 4.52. The van der Waals surface area contributed by atoms with Gasteiger partial charge in [-0.25, -0.2) is 0 Å². The summed E-state index contributed by atoms with van der Waals surface area (Å²) in [6.45, 7) is 3.08. The molecule has 0 bridgehead atoms. The lowest BCUT2D eigenvalue weighted by Gasteiger charge is -2.30. The van der Waals surface area contributed by atoms with Gasteiger partial charge >= 0.3 is 0 Å². The Kier molecular flexibility index (Phi) is 3.61. The fourth-order valence-electron chi connectivity index (χ4n) is 1.14. The minimum atomic E-state index is 0. The third-order valence-electron chi connectivity index (χ3n) is 1.75. The zero-order valence-electron chi connectivity index (χ0n) is 7.05. The van der Waals surface area contributed by atoms with E-state index in [4.69, 9.17) is 15.3 Å². The number of halogens is 1. The van der Waals surface area contributed by atoms with Crippen LogP contribution in [0.4, 0.5) is 0 Å². The van der Waals surface area contributed by atoms with E-state index in [0.717, 1.165) is 26.3 Å². The zero-order chi connectivity index (χ0) is 8.39. The Morgan fingerprint density at radius 3 is 2.62 bits per heavy atom. The molecular weight excluding hydrogens is 196 g/mol. The van der Waals surface area contributed by atoms with Gasteiger partial charge in [0.1, 0.15) is 6.20 Å². The highest BCUT2D eigenvalue weighted by Gasteiger charge is 2.22. The molecule has 7 heteroatoms. The summed E-state index contributed by atoms with van der Waals surface area (Å²) in [5.74, 6) is 0.321. The molecular formula is C6H12ClN4O2. The first-order valence-electron chi connectivity index (χ1n) is 3.83. The number of morpholine rings is 1. The highest BCUT2D eigenvalue weighted by Crippen LogP contribution is 2.08. The molecule has 75 valence electrons. The molecule has 0 atom stereocenters. The van der Waals surface area contributed by atoms with Gasteiger partial charge in [0.15, 0.2) is 0 Å². The second-order valence-electron chi connectivity index (χ2n) is 2.59. The van der Waals surface area contributed by atoms with Crippen LogP contribution in [0.1, 0.15) is 0 Å². The van der Waals surface area contributed by atoms with E-state index in [1.165, 1.54) is 0 Å². The van der Waals surface area contributed by atoms with Crippen molar-refractivity contribution in [2.45, 2.75) is 0 Å². The summed E-state index contributed by atoms with van der Waals surface area (Å²) < 4.78 is 5.18. The molecule has 2 N–H and O–H groups in total. The van der Waals surface area contributed by atoms with E-state index in [9.17, 15) is 0 Å². The molecule has 2 heterocycles. The van der Waals surface area contributed by atoms with Crippen LogP contribution >= 0.6 is 12.4 Å². The van der Waals surface area contributed by atoms with E-state index in [0.29, 0.717) is 5.88 Å². The van der Waals surface area contributed by atoms with Crippen molar-refractivity contribution in [1.82, 2.24) is 15.7 Å². The number of nitrogens with two attached hydrogens (primary N) is 1. The normalized spacial score (nSPS) is 23.4. The molecule has 1 saturated heterocycles. The van der Waals surface area contributed by atoms with Crippen molar-refractivity contribution in [3.8, 4) is 0 Å². The van der Waals surface area contributed by atoms with Crippen LogP contribution in [0.15, 0.2) is 12.1 Å². The van der Waals surface area contributed by atoms with Gasteiger partial charge in [-0.1, -0.05) is 0 Å². The van der Waals surface area contributed by atoms with Gasteiger partial charge in [0.25, 0.3) is 0 Å². The average Bonchev–Trinajstić information content (AvgIpc) is 2.54. The largest absolute Gasteiger partial charge is 0.379 e. The van der Waals surface area contributed by atoms with Crippen LogP contribution in [0.25, 0.3) is 0 Å². The Labute approximate surface area is 82.5 Å². The standard InChI is InChI=1S/C6H11N4O2.ClH/c7-6-5-10(8-12-6)9-1-3-11-4-2-9;/h5H,1-4,7H2;1H. The van der Waals surface area contributed by atoms with Crippen LogP contribution in [-0.4, -0.2) is 36.4 Å². The van der Waals surface area contributed by atoms with Gasteiger partial charge in [-0.05, 0) is 0 Å². The summed E-state index contributed by atoms with van der Waals surface area (Å²) in [5.41, 5.74) is 9.10. The first-order chi connectivity index (χ1) is 5.86. The molecule has 13 heavy (non-hydrogen) atoms. The third kappa shape index (κ3) is 2.38. The minimum absolute atomic E-state index is 0. The summed E-state index contributed by atoms with van der Waals surface area (Å²) >= 11 is 0. The fourth-order valence-corrected chi connectivity index (χ4v) is 1.14. The lowest BCUT2D eigenvalue weighted by atomic mass is 10.5. The molecule has 1 radical (unpaired) electrons. The van der Waals surface area contributed by atoms with Crippen molar-refractivity contribution in [2.24, 2.45) is 5.73 Å². The van der Waals surface area contributed by atoms with Crippen molar-refractivity contribution in [1.29, 1.82) is 0 Å². The molecule has 2 aliphatic heterocycles. The second-order valence-corrected chi connectivity index (χ2v) is 2.59. The Bertz CT molecular complexity index is 195. The maximum atomic E-state index is 5.38. The van der Waals surface area contributed by atoms with Gasteiger partial charge in [-0.15, -0.1) is 12.4 Å². The molecule has 2 aliphatic rings. The number of hydrazine groups is 1. The molecule has 0 amide bonds.